The van der Waals surface area contributed by atoms with Crippen molar-refractivity contribution in [2.24, 2.45) is 0 Å². The number of nitrogens with zero attached hydrogens (tertiary/aromatic N) is 5. The first-order chi connectivity index (χ1) is 13.5. The van der Waals surface area contributed by atoms with Crippen molar-refractivity contribution >= 4 is 34.8 Å². The summed E-state index contributed by atoms with van der Waals surface area (Å²) < 4.78 is 41.0. The summed E-state index contributed by atoms with van der Waals surface area (Å²) in [5, 5.41) is 17.3. The van der Waals surface area contributed by atoms with E-state index in [-0.39, 0.29) is 10.9 Å². The number of amides is 1. The number of rotatable bonds is 5. The molecule has 0 unspecified atom stereocenters. The molecule has 13 heteroatoms. The molecule has 2 heterocycles. The fourth-order valence-electron chi connectivity index (χ4n) is 2.51. The zero-order valence-corrected chi connectivity index (χ0v) is 15.8. The van der Waals surface area contributed by atoms with E-state index in [2.05, 4.69) is 20.4 Å². The van der Waals surface area contributed by atoms with Crippen LogP contribution in [0.15, 0.2) is 29.4 Å². The van der Waals surface area contributed by atoms with Crippen LogP contribution in [0.2, 0.25) is 0 Å². The number of alkyl halides is 3. The number of fused-ring (bicyclic) bond motifs is 1. The van der Waals surface area contributed by atoms with E-state index >= 15 is 0 Å². The smallest absolute Gasteiger partial charge is 0.325 e. The first-order valence-corrected chi connectivity index (χ1v) is 9.02. The van der Waals surface area contributed by atoms with Crippen molar-refractivity contribution in [1.29, 1.82) is 0 Å². The third kappa shape index (κ3) is 4.62. The topological polar surface area (TPSA) is 115 Å². The van der Waals surface area contributed by atoms with Gasteiger partial charge in [-0.25, -0.2) is 9.50 Å². The van der Waals surface area contributed by atoms with Crippen molar-refractivity contribution in [2.45, 2.75) is 25.2 Å². The Morgan fingerprint density at radius 3 is 2.66 bits per heavy atom. The molecule has 3 rings (SSSR count). The van der Waals surface area contributed by atoms with Crippen LogP contribution in [0.5, 0.6) is 0 Å². The van der Waals surface area contributed by atoms with Crippen LogP contribution >= 0.6 is 11.8 Å². The lowest BCUT2D eigenvalue weighted by atomic mass is 10.1. The molecule has 2 aromatic heterocycles. The van der Waals surface area contributed by atoms with Gasteiger partial charge in [-0.15, -0.1) is 5.10 Å². The highest BCUT2D eigenvalue weighted by Gasteiger charge is 2.35. The summed E-state index contributed by atoms with van der Waals surface area (Å²) in [6.45, 7) is 3.61. The zero-order chi connectivity index (χ0) is 21.3. The SMILES string of the molecule is Cc1cc(C)n2nc(SCC(=O)Nc3ccc([N+](=O)[O-])cc3C(F)(F)F)nc2n1. The third-order valence-corrected chi connectivity index (χ3v) is 4.56. The van der Waals surface area contributed by atoms with E-state index in [1.807, 2.05) is 6.92 Å². The maximum Gasteiger partial charge on any atom is 0.418 e. The number of hydrogen-bond donors (Lipinski definition) is 1. The van der Waals surface area contributed by atoms with Gasteiger partial charge in [0.1, 0.15) is 0 Å². The van der Waals surface area contributed by atoms with E-state index in [0.717, 1.165) is 35.3 Å². The second-order valence-corrected chi connectivity index (χ2v) is 6.91. The molecule has 1 amide bonds. The van der Waals surface area contributed by atoms with Gasteiger partial charge in [-0.05, 0) is 26.0 Å². The van der Waals surface area contributed by atoms with Crippen LogP contribution in [-0.4, -0.2) is 36.2 Å². The molecule has 1 aromatic carbocycles. The Morgan fingerprint density at radius 2 is 2.00 bits per heavy atom. The third-order valence-electron chi connectivity index (χ3n) is 3.72. The standard InChI is InChI=1S/C16H13F3N6O3S/c1-8-5-9(2)24-14(20-8)22-15(23-24)29-7-13(26)21-12-4-3-10(25(27)28)6-11(12)16(17,18)19/h3-6H,7H2,1-2H3,(H,21,26). The van der Waals surface area contributed by atoms with Gasteiger partial charge in [0.05, 0.1) is 21.9 Å². The lowest BCUT2D eigenvalue weighted by Gasteiger charge is -2.13. The van der Waals surface area contributed by atoms with Crippen molar-refractivity contribution in [1.82, 2.24) is 19.6 Å². The van der Waals surface area contributed by atoms with E-state index in [1.165, 1.54) is 4.52 Å². The minimum Gasteiger partial charge on any atom is -0.325 e. The molecule has 0 aliphatic carbocycles. The van der Waals surface area contributed by atoms with Gasteiger partial charge in [0.25, 0.3) is 11.5 Å². The van der Waals surface area contributed by atoms with Crippen LogP contribution in [0.25, 0.3) is 5.78 Å². The average Bonchev–Trinajstić information content (AvgIpc) is 3.02. The summed E-state index contributed by atoms with van der Waals surface area (Å²) in [4.78, 5) is 30.3. The van der Waals surface area contributed by atoms with Crippen molar-refractivity contribution in [2.75, 3.05) is 11.1 Å². The number of nitro groups is 1. The number of benzene rings is 1. The molecule has 0 fully saturated rings. The van der Waals surface area contributed by atoms with Gasteiger partial charge < -0.3 is 5.32 Å². The maximum atomic E-state index is 13.2. The highest BCUT2D eigenvalue weighted by molar-refractivity contribution is 7.99. The molecule has 0 atom stereocenters. The Labute approximate surface area is 165 Å². The molecule has 0 saturated carbocycles. The van der Waals surface area contributed by atoms with Crippen LogP contribution in [0, 0.1) is 24.0 Å². The molecule has 9 nitrogen and oxygen atoms in total. The number of hydrogen-bond acceptors (Lipinski definition) is 7. The number of carbonyl (C=O) groups excluding carboxylic acids is 1. The average molecular weight is 426 g/mol. The molecular weight excluding hydrogens is 413 g/mol. The molecule has 0 saturated heterocycles. The Balaban J connectivity index is 1.74. The largest absolute Gasteiger partial charge is 0.418 e. The zero-order valence-electron chi connectivity index (χ0n) is 15.0. The van der Waals surface area contributed by atoms with Crippen molar-refractivity contribution in [3.8, 4) is 0 Å². The van der Waals surface area contributed by atoms with Gasteiger partial charge in [-0.3, -0.25) is 14.9 Å². The van der Waals surface area contributed by atoms with E-state index in [4.69, 9.17) is 0 Å². The molecule has 3 aromatic rings. The number of nitrogens with one attached hydrogen (secondary N) is 1. The maximum absolute atomic E-state index is 13.2. The molecule has 29 heavy (non-hydrogen) atoms. The van der Waals surface area contributed by atoms with Crippen LogP contribution in [0.3, 0.4) is 0 Å². The monoisotopic (exact) mass is 426 g/mol. The Hall–Kier alpha value is -3.22. The number of carbonyl (C=O) groups is 1. The normalized spacial score (nSPS) is 11.6. The summed E-state index contributed by atoms with van der Waals surface area (Å²) >= 11 is 0.925. The summed E-state index contributed by atoms with van der Waals surface area (Å²) in [6, 6.07) is 3.92. The fourth-order valence-corrected chi connectivity index (χ4v) is 3.13. The predicted molar refractivity (Wildman–Crippen MR) is 97.7 cm³/mol. The van der Waals surface area contributed by atoms with Crippen molar-refractivity contribution < 1.29 is 22.9 Å². The number of halogens is 3. The van der Waals surface area contributed by atoms with Crippen LogP contribution in [-0.2, 0) is 11.0 Å². The van der Waals surface area contributed by atoms with E-state index in [0.29, 0.717) is 11.8 Å². The molecule has 0 radical (unpaired) electrons. The lowest BCUT2D eigenvalue weighted by Crippen LogP contribution is -2.18. The van der Waals surface area contributed by atoms with Gasteiger partial charge in [0, 0.05) is 23.5 Å². The van der Waals surface area contributed by atoms with Gasteiger partial charge in [-0.1, -0.05) is 11.8 Å². The van der Waals surface area contributed by atoms with Gasteiger partial charge in [-0.2, -0.15) is 18.2 Å². The molecule has 0 aliphatic rings. The predicted octanol–water partition coefficient (Wildman–Crippen LogP) is 3.40. The first kappa shape index (κ1) is 20.5. The van der Waals surface area contributed by atoms with E-state index in [1.54, 1.807) is 13.0 Å². The second kappa shape index (κ2) is 7.66. The van der Waals surface area contributed by atoms with Crippen molar-refractivity contribution in [3.63, 3.8) is 0 Å². The Kier molecular flexibility index (Phi) is 5.42. The van der Waals surface area contributed by atoms with Gasteiger partial charge >= 0.3 is 6.18 Å². The summed E-state index contributed by atoms with van der Waals surface area (Å²) in [5.41, 5.74) is -1.06. The first-order valence-electron chi connectivity index (χ1n) is 8.04. The highest BCUT2D eigenvalue weighted by Crippen LogP contribution is 2.37. The number of anilines is 1. The number of non-ortho nitro benzene ring substituents is 1. The summed E-state index contributed by atoms with van der Waals surface area (Å²) in [5.74, 6) is -0.655. The summed E-state index contributed by atoms with van der Waals surface area (Å²) in [7, 11) is 0. The van der Waals surface area contributed by atoms with Crippen LogP contribution < -0.4 is 5.32 Å². The van der Waals surface area contributed by atoms with Gasteiger partial charge in [0.2, 0.25) is 11.1 Å². The molecular formula is C16H13F3N6O3S. The van der Waals surface area contributed by atoms with E-state index < -0.39 is 33.9 Å². The van der Waals surface area contributed by atoms with E-state index in [9.17, 15) is 28.1 Å². The second-order valence-electron chi connectivity index (χ2n) is 5.97. The molecule has 1 N–H and O–H groups in total. The van der Waals surface area contributed by atoms with Crippen molar-refractivity contribution in [3.05, 3.63) is 51.3 Å². The minimum absolute atomic E-state index is 0.237. The quantitative estimate of drug-likeness (QED) is 0.378. The number of thioether (sulfide) groups is 1. The number of nitro benzene ring substituents is 1. The van der Waals surface area contributed by atoms with Gasteiger partial charge in [0.15, 0.2) is 0 Å². The number of aromatic nitrogens is 4. The molecule has 152 valence electrons. The lowest BCUT2D eigenvalue weighted by molar-refractivity contribution is -0.385. The minimum atomic E-state index is -4.87. The Bertz CT molecular complexity index is 1120. The number of aryl methyl sites for hydroxylation is 2. The molecule has 0 aliphatic heterocycles. The fraction of sp³-hybridized carbons (Fsp3) is 0.250. The summed E-state index contributed by atoms with van der Waals surface area (Å²) in [6.07, 6.45) is -4.87. The molecule has 0 spiro atoms. The van der Waals surface area contributed by atoms with Crippen LogP contribution in [0.4, 0.5) is 24.5 Å². The highest BCUT2D eigenvalue weighted by atomic mass is 32.2. The van der Waals surface area contributed by atoms with Crippen LogP contribution in [0.1, 0.15) is 17.0 Å². The molecule has 0 bridgehead atoms. The Morgan fingerprint density at radius 1 is 1.28 bits per heavy atom.